The molecule has 1 aromatic heterocycles. The van der Waals surface area contributed by atoms with E-state index in [-0.39, 0.29) is 5.88 Å². The number of likely N-dealkylation sites (N-methyl/N-ethyl adjacent to an activating group) is 1. The molecule has 0 spiro atoms. The summed E-state index contributed by atoms with van der Waals surface area (Å²) in [6.45, 7) is 4.04. The van der Waals surface area contributed by atoms with Crippen molar-refractivity contribution in [2.45, 2.75) is 12.3 Å². The number of nitrogens with zero attached hydrogens (tertiary/aromatic N) is 4. The summed E-state index contributed by atoms with van der Waals surface area (Å²) in [5.74, 6) is 0.769. The Balaban J connectivity index is 2.03. The number of anilines is 1. The first-order valence-electron chi connectivity index (χ1n) is 5.11. The van der Waals surface area contributed by atoms with E-state index in [0.717, 1.165) is 32.6 Å². The molecule has 0 radical (unpaired) electrons. The zero-order valence-electron chi connectivity index (χ0n) is 8.82. The van der Waals surface area contributed by atoms with Crippen LogP contribution in [0.3, 0.4) is 0 Å². The van der Waals surface area contributed by atoms with Crippen LogP contribution < -0.4 is 4.90 Å². The molecule has 15 heavy (non-hydrogen) atoms. The van der Waals surface area contributed by atoms with E-state index in [0.29, 0.717) is 11.9 Å². The topological polar surface area (TPSA) is 45.4 Å². The molecule has 5 nitrogen and oxygen atoms in total. The van der Waals surface area contributed by atoms with Crippen molar-refractivity contribution in [3.63, 3.8) is 0 Å². The van der Waals surface area contributed by atoms with Gasteiger partial charge >= 0.3 is 6.01 Å². The Labute approximate surface area is 94.0 Å². The molecule has 1 saturated heterocycles. The van der Waals surface area contributed by atoms with Crippen molar-refractivity contribution in [1.82, 2.24) is 15.1 Å². The van der Waals surface area contributed by atoms with Crippen molar-refractivity contribution in [1.29, 1.82) is 0 Å². The van der Waals surface area contributed by atoms with Gasteiger partial charge in [0.25, 0.3) is 0 Å². The van der Waals surface area contributed by atoms with Gasteiger partial charge in [0.2, 0.25) is 5.89 Å². The summed E-state index contributed by atoms with van der Waals surface area (Å²) < 4.78 is 5.42. The summed E-state index contributed by atoms with van der Waals surface area (Å²) >= 11 is 5.61. The molecule has 1 aliphatic heterocycles. The van der Waals surface area contributed by atoms with Gasteiger partial charge in [-0.25, -0.2) is 0 Å². The van der Waals surface area contributed by atoms with Gasteiger partial charge < -0.3 is 14.2 Å². The van der Waals surface area contributed by atoms with Crippen LogP contribution in [0.25, 0.3) is 0 Å². The summed E-state index contributed by atoms with van der Waals surface area (Å²) in [5.41, 5.74) is 0. The summed E-state index contributed by atoms with van der Waals surface area (Å²) in [4.78, 5) is 4.42. The quantitative estimate of drug-likeness (QED) is 0.708. The molecule has 84 valence electrons. The van der Waals surface area contributed by atoms with Crippen LogP contribution in [0.15, 0.2) is 4.42 Å². The first-order valence-corrected chi connectivity index (χ1v) is 5.65. The standard InChI is InChI=1S/C9H15ClN4O/c1-13-3-2-4-14(6-5-13)9-12-11-8(7-10)15-9/h2-7H2,1H3. The maximum atomic E-state index is 5.61. The largest absolute Gasteiger partial charge is 0.407 e. The van der Waals surface area contributed by atoms with Gasteiger partial charge in [-0.15, -0.1) is 16.7 Å². The van der Waals surface area contributed by atoms with Crippen LogP contribution in [0.2, 0.25) is 0 Å². The van der Waals surface area contributed by atoms with E-state index in [1.807, 2.05) is 0 Å². The van der Waals surface area contributed by atoms with Crippen molar-refractivity contribution in [2.75, 3.05) is 38.1 Å². The molecular weight excluding hydrogens is 216 g/mol. The number of hydrogen-bond donors (Lipinski definition) is 0. The minimum atomic E-state index is 0.279. The molecule has 0 saturated carbocycles. The van der Waals surface area contributed by atoms with Crippen LogP contribution in [-0.4, -0.2) is 48.3 Å². The molecule has 0 unspecified atom stereocenters. The summed E-state index contributed by atoms with van der Waals surface area (Å²) in [7, 11) is 2.13. The first kappa shape index (κ1) is 10.7. The second-order valence-corrected chi connectivity index (χ2v) is 4.02. The molecule has 6 heteroatoms. The van der Waals surface area contributed by atoms with Crippen molar-refractivity contribution in [2.24, 2.45) is 0 Å². The van der Waals surface area contributed by atoms with Crippen molar-refractivity contribution in [3.8, 4) is 0 Å². The normalized spacial score (nSPS) is 19.2. The third kappa shape index (κ3) is 2.60. The van der Waals surface area contributed by atoms with E-state index in [1.54, 1.807) is 0 Å². The lowest BCUT2D eigenvalue weighted by Gasteiger charge is -2.16. The summed E-state index contributed by atoms with van der Waals surface area (Å²) in [5, 5.41) is 7.84. The molecule has 0 amide bonds. The average molecular weight is 231 g/mol. The van der Waals surface area contributed by atoms with Crippen molar-refractivity contribution < 1.29 is 4.42 Å². The van der Waals surface area contributed by atoms with E-state index >= 15 is 0 Å². The predicted molar refractivity (Wildman–Crippen MR) is 58.2 cm³/mol. The highest BCUT2D eigenvalue weighted by molar-refractivity contribution is 6.16. The van der Waals surface area contributed by atoms with Gasteiger partial charge in [0.1, 0.15) is 5.88 Å². The Morgan fingerprint density at radius 2 is 2.13 bits per heavy atom. The van der Waals surface area contributed by atoms with Crippen LogP contribution in [0.4, 0.5) is 6.01 Å². The zero-order chi connectivity index (χ0) is 10.7. The fourth-order valence-corrected chi connectivity index (χ4v) is 1.77. The fraction of sp³-hybridized carbons (Fsp3) is 0.778. The minimum Gasteiger partial charge on any atom is -0.407 e. The van der Waals surface area contributed by atoms with Gasteiger partial charge in [0, 0.05) is 19.6 Å². The summed E-state index contributed by atoms with van der Waals surface area (Å²) in [6.07, 6.45) is 1.12. The molecular formula is C9H15ClN4O. The van der Waals surface area contributed by atoms with E-state index in [2.05, 4.69) is 27.0 Å². The highest BCUT2D eigenvalue weighted by Crippen LogP contribution is 2.15. The second kappa shape index (κ2) is 4.81. The molecule has 1 aromatic rings. The Hall–Kier alpha value is -0.810. The van der Waals surface area contributed by atoms with Crippen molar-refractivity contribution in [3.05, 3.63) is 5.89 Å². The van der Waals surface area contributed by atoms with Crippen molar-refractivity contribution >= 4 is 17.6 Å². The lowest BCUT2D eigenvalue weighted by atomic mass is 10.4. The summed E-state index contributed by atoms with van der Waals surface area (Å²) in [6, 6.07) is 0.598. The molecule has 1 fully saturated rings. The second-order valence-electron chi connectivity index (χ2n) is 3.76. The average Bonchev–Trinajstić information content (AvgIpc) is 2.62. The van der Waals surface area contributed by atoms with Gasteiger partial charge in [0.15, 0.2) is 0 Å². The number of alkyl halides is 1. The Morgan fingerprint density at radius 3 is 2.87 bits per heavy atom. The minimum absolute atomic E-state index is 0.279. The maximum Gasteiger partial charge on any atom is 0.318 e. The lowest BCUT2D eigenvalue weighted by molar-refractivity contribution is 0.359. The van der Waals surface area contributed by atoms with Gasteiger partial charge in [-0.3, -0.25) is 0 Å². The van der Waals surface area contributed by atoms with Gasteiger partial charge in [-0.2, -0.15) is 0 Å². The first-order chi connectivity index (χ1) is 7.29. The smallest absolute Gasteiger partial charge is 0.318 e. The third-order valence-corrected chi connectivity index (χ3v) is 2.79. The molecule has 0 aliphatic carbocycles. The van der Waals surface area contributed by atoms with Crippen LogP contribution >= 0.6 is 11.6 Å². The van der Waals surface area contributed by atoms with Crippen LogP contribution in [-0.2, 0) is 5.88 Å². The molecule has 0 atom stereocenters. The van der Waals surface area contributed by atoms with Gasteiger partial charge in [0.05, 0.1) is 0 Å². The Kier molecular flexibility index (Phi) is 3.43. The highest BCUT2D eigenvalue weighted by atomic mass is 35.5. The number of rotatable bonds is 2. The van der Waals surface area contributed by atoms with E-state index in [9.17, 15) is 0 Å². The monoisotopic (exact) mass is 230 g/mol. The fourth-order valence-electron chi connectivity index (χ4n) is 1.66. The Morgan fingerprint density at radius 1 is 1.27 bits per heavy atom. The molecule has 0 aromatic carbocycles. The van der Waals surface area contributed by atoms with Gasteiger partial charge in [-0.1, -0.05) is 5.10 Å². The van der Waals surface area contributed by atoms with E-state index < -0.39 is 0 Å². The van der Waals surface area contributed by atoms with E-state index in [4.69, 9.17) is 16.0 Å². The molecule has 0 N–H and O–H groups in total. The van der Waals surface area contributed by atoms with Crippen LogP contribution in [0.1, 0.15) is 12.3 Å². The van der Waals surface area contributed by atoms with E-state index in [1.165, 1.54) is 0 Å². The zero-order valence-corrected chi connectivity index (χ0v) is 9.57. The number of hydrogen-bond acceptors (Lipinski definition) is 5. The molecule has 1 aliphatic rings. The highest BCUT2D eigenvalue weighted by Gasteiger charge is 2.17. The SMILES string of the molecule is CN1CCCN(c2nnc(CCl)o2)CC1. The molecule has 0 bridgehead atoms. The number of aromatic nitrogens is 2. The number of halogens is 1. The molecule has 2 rings (SSSR count). The Bertz CT molecular complexity index is 317. The van der Waals surface area contributed by atoms with Crippen LogP contribution in [0, 0.1) is 0 Å². The maximum absolute atomic E-state index is 5.61. The van der Waals surface area contributed by atoms with Gasteiger partial charge in [-0.05, 0) is 20.0 Å². The molecule has 2 heterocycles. The lowest BCUT2D eigenvalue weighted by Crippen LogP contribution is -2.28. The predicted octanol–water partition coefficient (Wildman–Crippen LogP) is 0.950. The third-order valence-electron chi connectivity index (χ3n) is 2.56. The van der Waals surface area contributed by atoms with Crippen LogP contribution in [0.5, 0.6) is 0 Å².